The van der Waals surface area contributed by atoms with E-state index in [0.29, 0.717) is 18.8 Å². The van der Waals surface area contributed by atoms with Crippen LogP contribution in [0.1, 0.15) is 31.3 Å². The number of aryl methyl sites for hydroxylation is 1. The molecule has 0 aliphatic carbocycles. The van der Waals surface area contributed by atoms with Gasteiger partial charge in [0.2, 0.25) is 10.0 Å². The highest BCUT2D eigenvalue weighted by molar-refractivity contribution is 7.89. The number of hydrogen-bond acceptors (Lipinski definition) is 4. The minimum absolute atomic E-state index is 0.00241. The number of benzene rings is 1. The van der Waals surface area contributed by atoms with Crippen molar-refractivity contribution in [3.63, 3.8) is 0 Å². The van der Waals surface area contributed by atoms with E-state index in [-0.39, 0.29) is 10.8 Å². The summed E-state index contributed by atoms with van der Waals surface area (Å²) in [7, 11) is -1.67. The average Bonchev–Trinajstić information content (AvgIpc) is 3.04. The molecule has 1 aromatic carbocycles. The molecule has 2 heterocycles. The number of carbonyl (C=O) groups is 1. The van der Waals surface area contributed by atoms with Crippen LogP contribution in [0.25, 0.3) is 10.9 Å². The summed E-state index contributed by atoms with van der Waals surface area (Å²) in [4.78, 5) is 17.5. The fourth-order valence-electron chi connectivity index (χ4n) is 3.83. The molecule has 7 nitrogen and oxygen atoms in total. The number of carbonyl (C=O) groups excluding carboxylic acids is 1. The van der Waals surface area contributed by atoms with Gasteiger partial charge in [0.15, 0.2) is 0 Å². The zero-order valence-corrected chi connectivity index (χ0v) is 18.0. The lowest BCUT2D eigenvalue weighted by Gasteiger charge is -2.34. The molecule has 0 atom stereocenters. The van der Waals surface area contributed by atoms with E-state index >= 15 is 0 Å². The minimum Gasteiger partial charge on any atom is -0.340 e. The molecular weight excluding hydrogens is 376 g/mol. The smallest absolute Gasteiger partial charge is 0.270 e. The van der Waals surface area contributed by atoms with Crippen molar-refractivity contribution < 1.29 is 13.2 Å². The molecular formula is C20H30N4O3S. The number of piperazine rings is 1. The van der Waals surface area contributed by atoms with Crippen LogP contribution < -0.4 is 0 Å². The van der Waals surface area contributed by atoms with Crippen LogP contribution in [0.5, 0.6) is 0 Å². The van der Waals surface area contributed by atoms with Crippen LogP contribution in [0, 0.1) is 0 Å². The summed E-state index contributed by atoms with van der Waals surface area (Å²) in [6, 6.07) is 6.90. The summed E-state index contributed by atoms with van der Waals surface area (Å²) >= 11 is 0. The Kier molecular flexibility index (Phi) is 6.12. The average molecular weight is 407 g/mol. The maximum Gasteiger partial charge on any atom is 0.270 e. The minimum atomic E-state index is -3.52. The van der Waals surface area contributed by atoms with Crippen molar-refractivity contribution in [2.45, 2.75) is 25.7 Å². The molecule has 2 aromatic rings. The largest absolute Gasteiger partial charge is 0.340 e. The van der Waals surface area contributed by atoms with E-state index in [9.17, 15) is 13.2 Å². The molecule has 0 radical (unpaired) electrons. The first-order valence-electron chi connectivity index (χ1n) is 9.94. The molecule has 1 fully saturated rings. The highest BCUT2D eigenvalue weighted by atomic mass is 32.2. The van der Waals surface area contributed by atoms with E-state index in [1.54, 1.807) is 18.2 Å². The second-order valence-corrected chi connectivity index (χ2v) is 9.06. The Morgan fingerprint density at radius 3 is 2.25 bits per heavy atom. The van der Waals surface area contributed by atoms with Gasteiger partial charge in [-0.1, -0.05) is 20.8 Å². The molecule has 0 N–H and O–H groups in total. The Morgan fingerprint density at radius 2 is 1.68 bits per heavy atom. The van der Waals surface area contributed by atoms with Crippen LogP contribution >= 0.6 is 0 Å². The SMILES string of the molecule is CCN1CCN(C(=O)c2cc3cc(S(=O)(=O)N(CC)CC)ccc3n2C)CC1. The molecule has 8 heteroatoms. The van der Waals surface area contributed by atoms with Crippen LogP contribution in [0.2, 0.25) is 0 Å². The van der Waals surface area contributed by atoms with E-state index in [0.717, 1.165) is 43.6 Å². The number of sulfonamides is 1. The van der Waals surface area contributed by atoms with Gasteiger partial charge in [-0.3, -0.25) is 4.79 Å². The third-order valence-corrected chi connectivity index (χ3v) is 7.73. The van der Waals surface area contributed by atoms with E-state index in [2.05, 4.69) is 11.8 Å². The third-order valence-electron chi connectivity index (χ3n) is 5.68. The lowest BCUT2D eigenvalue weighted by atomic mass is 10.2. The number of rotatable bonds is 6. The molecule has 154 valence electrons. The van der Waals surface area contributed by atoms with E-state index in [4.69, 9.17) is 0 Å². The highest BCUT2D eigenvalue weighted by Crippen LogP contribution is 2.25. The molecule has 0 saturated carbocycles. The van der Waals surface area contributed by atoms with Gasteiger partial charge in [0.05, 0.1) is 4.90 Å². The third kappa shape index (κ3) is 3.68. The maximum atomic E-state index is 13.0. The van der Waals surface area contributed by atoms with Gasteiger partial charge in [-0.15, -0.1) is 0 Å². The lowest BCUT2D eigenvalue weighted by Crippen LogP contribution is -2.48. The van der Waals surface area contributed by atoms with Gasteiger partial charge in [-0.25, -0.2) is 8.42 Å². The fourth-order valence-corrected chi connectivity index (χ4v) is 5.33. The van der Waals surface area contributed by atoms with Crippen molar-refractivity contribution in [2.75, 3.05) is 45.8 Å². The van der Waals surface area contributed by atoms with Crippen LogP contribution in [-0.2, 0) is 17.1 Å². The summed E-state index contributed by atoms with van der Waals surface area (Å²) in [5.74, 6) is 0.00241. The predicted octanol–water partition coefficient (Wildman–Crippen LogP) is 1.99. The van der Waals surface area contributed by atoms with Crippen molar-refractivity contribution in [1.82, 2.24) is 18.7 Å². The first-order valence-corrected chi connectivity index (χ1v) is 11.4. The normalized spacial score (nSPS) is 16.2. The van der Waals surface area contributed by atoms with Crippen LogP contribution in [0.15, 0.2) is 29.2 Å². The Bertz CT molecular complexity index is 955. The molecule has 1 saturated heterocycles. The van der Waals surface area contributed by atoms with Gasteiger partial charge >= 0.3 is 0 Å². The number of fused-ring (bicyclic) bond motifs is 1. The highest BCUT2D eigenvalue weighted by Gasteiger charge is 2.26. The van der Waals surface area contributed by atoms with Crippen LogP contribution in [0.3, 0.4) is 0 Å². The molecule has 0 unspecified atom stereocenters. The molecule has 0 bridgehead atoms. The predicted molar refractivity (Wildman–Crippen MR) is 111 cm³/mol. The molecule has 1 aromatic heterocycles. The van der Waals surface area contributed by atoms with Crippen molar-refractivity contribution in [2.24, 2.45) is 7.05 Å². The van der Waals surface area contributed by atoms with Gasteiger partial charge in [-0.2, -0.15) is 4.31 Å². The second kappa shape index (κ2) is 8.23. The van der Waals surface area contributed by atoms with Gasteiger partial charge < -0.3 is 14.4 Å². The Hall–Kier alpha value is -1.90. The van der Waals surface area contributed by atoms with Crippen LogP contribution in [0.4, 0.5) is 0 Å². The van der Waals surface area contributed by atoms with Gasteiger partial charge in [0.25, 0.3) is 5.91 Å². The first kappa shape index (κ1) is 20.8. The van der Waals surface area contributed by atoms with Crippen molar-refractivity contribution in [1.29, 1.82) is 0 Å². The fraction of sp³-hybridized carbons (Fsp3) is 0.550. The molecule has 1 aliphatic rings. The topological polar surface area (TPSA) is 65.9 Å². The summed E-state index contributed by atoms with van der Waals surface area (Å²) in [5.41, 5.74) is 1.45. The van der Waals surface area contributed by atoms with Crippen molar-refractivity contribution in [3.05, 3.63) is 30.0 Å². The van der Waals surface area contributed by atoms with E-state index in [1.807, 2.05) is 36.4 Å². The number of amides is 1. The Morgan fingerprint density at radius 1 is 1.04 bits per heavy atom. The molecule has 1 amide bonds. The Labute approximate surface area is 167 Å². The first-order chi connectivity index (χ1) is 13.3. The summed E-state index contributed by atoms with van der Waals surface area (Å²) in [5, 5.41) is 0.770. The van der Waals surface area contributed by atoms with E-state index < -0.39 is 10.0 Å². The number of likely N-dealkylation sites (N-methyl/N-ethyl adjacent to an activating group) is 1. The summed E-state index contributed by atoms with van der Waals surface area (Å²) < 4.78 is 28.9. The van der Waals surface area contributed by atoms with Crippen molar-refractivity contribution in [3.8, 4) is 0 Å². The van der Waals surface area contributed by atoms with E-state index in [1.165, 1.54) is 4.31 Å². The summed E-state index contributed by atoms with van der Waals surface area (Å²) in [6.07, 6.45) is 0. The molecule has 28 heavy (non-hydrogen) atoms. The van der Waals surface area contributed by atoms with Gasteiger partial charge in [0.1, 0.15) is 5.69 Å². The molecule has 3 rings (SSSR count). The van der Waals surface area contributed by atoms with Gasteiger partial charge in [-0.05, 0) is 30.8 Å². The number of nitrogens with zero attached hydrogens (tertiary/aromatic N) is 4. The maximum absolute atomic E-state index is 13.0. The molecule has 0 spiro atoms. The zero-order valence-electron chi connectivity index (χ0n) is 17.2. The molecule has 1 aliphatic heterocycles. The van der Waals surface area contributed by atoms with Crippen LogP contribution in [-0.4, -0.2) is 78.8 Å². The Balaban J connectivity index is 1.92. The zero-order chi connectivity index (χ0) is 20.5. The standard InChI is InChI=1S/C20H30N4O3S/c1-5-22-10-12-23(13-11-22)20(25)19-15-16-14-17(8-9-18(16)21(19)4)28(26,27)24(6-2)7-3/h8-9,14-15H,5-7,10-13H2,1-4H3. The number of hydrogen-bond donors (Lipinski definition) is 0. The quantitative estimate of drug-likeness (QED) is 0.736. The van der Waals surface area contributed by atoms with Crippen molar-refractivity contribution >= 4 is 26.8 Å². The summed E-state index contributed by atoms with van der Waals surface area (Å²) in [6.45, 7) is 10.9. The number of aromatic nitrogens is 1. The monoisotopic (exact) mass is 406 g/mol. The lowest BCUT2D eigenvalue weighted by molar-refractivity contribution is 0.0634. The van der Waals surface area contributed by atoms with Gasteiger partial charge in [0, 0.05) is 57.2 Å². The second-order valence-electron chi connectivity index (χ2n) is 7.13.